The highest BCUT2D eigenvalue weighted by molar-refractivity contribution is 6.28. The Kier molecular flexibility index (Phi) is 6.05. The highest BCUT2D eigenvalue weighted by atomic mass is 16.3. The number of hydrogen-bond acceptors (Lipinski definition) is 2. The van der Waals surface area contributed by atoms with Crippen LogP contribution in [0.4, 0.5) is 5.69 Å². The van der Waals surface area contributed by atoms with Crippen LogP contribution in [0.5, 0.6) is 5.75 Å². The van der Waals surface area contributed by atoms with E-state index < -0.39 is 0 Å². The van der Waals surface area contributed by atoms with Gasteiger partial charge in [-0.3, -0.25) is 0 Å². The summed E-state index contributed by atoms with van der Waals surface area (Å²) in [5.41, 5.74) is 9.20. The number of phenolic OH excluding ortho intramolecular Hbond substituents is 1. The molecule has 2 heteroatoms. The van der Waals surface area contributed by atoms with Crippen LogP contribution in [0.3, 0.4) is 0 Å². The second-order valence-electron chi connectivity index (χ2n) is 11.2. The highest BCUT2D eigenvalue weighted by Gasteiger charge is 2.17. The van der Waals surface area contributed by atoms with E-state index in [1.165, 1.54) is 65.7 Å². The predicted molar refractivity (Wildman–Crippen MR) is 182 cm³/mol. The van der Waals surface area contributed by atoms with Gasteiger partial charge in [-0.2, -0.15) is 0 Å². The Morgan fingerprint density at radius 1 is 0.442 bits per heavy atom. The first kappa shape index (κ1) is 25.1. The summed E-state index contributed by atoms with van der Waals surface area (Å²) in [6.45, 7) is 0.634. The summed E-state index contributed by atoms with van der Waals surface area (Å²) >= 11 is 0. The fourth-order valence-electron chi connectivity index (χ4n) is 6.40. The first-order valence-electron chi connectivity index (χ1n) is 14.7. The normalized spacial score (nSPS) is 11.4. The minimum Gasteiger partial charge on any atom is -0.506 e. The fraction of sp³-hybridized carbons (Fsp3) is 0.0244. The molecule has 2 nitrogen and oxygen atoms in total. The molecule has 0 fully saturated rings. The third kappa shape index (κ3) is 4.45. The molecule has 0 aliphatic rings. The number of benzene rings is 8. The first-order chi connectivity index (χ1) is 21.2. The molecule has 0 amide bonds. The van der Waals surface area contributed by atoms with Gasteiger partial charge in [0.05, 0.1) is 5.69 Å². The molecule has 0 bridgehead atoms. The van der Waals surface area contributed by atoms with E-state index in [-0.39, 0.29) is 5.75 Å². The van der Waals surface area contributed by atoms with Gasteiger partial charge in [-0.05, 0) is 89.5 Å². The van der Waals surface area contributed by atoms with E-state index in [4.69, 9.17) is 0 Å². The molecule has 8 aromatic carbocycles. The third-order valence-electron chi connectivity index (χ3n) is 8.60. The monoisotopic (exact) mass is 551 g/mol. The van der Waals surface area contributed by atoms with Crippen LogP contribution in [0.25, 0.3) is 65.7 Å². The maximum Gasteiger partial charge on any atom is 0.138 e. The van der Waals surface area contributed by atoms with E-state index in [0.717, 1.165) is 11.3 Å². The lowest BCUT2D eigenvalue weighted by Gasteiger charge is -2.18. The molecule has 0 saturated heterocycles. The fourth-order valence-corrected chi connectivity index (χ4v) is 6.40. The quantitative estimate of drug-likeness (QED) is 0.159. The molecule has 0 atom stereocenters. The molecule has 0 aliphatic heterocycles. The maximum absolute atomic E-state index is 10.1. The lowest BCUT2D eigenvalue weighted by molar-refractivity contribution is 0.477. The zero-order valence-corrected chi connectivity index (χ0v) is 23.6. The smallest absolute Gasteiger partial charge is 0.138 e. The van der Waals surface area contributed by atoms with Gasteiger partial charge in [0.1, 0.15) is 5.75 Å². The van der Waals surface area contributed by atoms with Gasteiger partial charge >= 0.3 is 0 Å². The summed E-state index contributed by atoms with van der Waals surface area (Å²) in [5.74, 6) is 0.261. The van der Waals surface area contributed by atoms with E-state index in [1.54, 1.807) is 6.07 Å². The molecule has 0 aromatic heterocycles. The zero-order valence-electron chi connectivity index (χ0n) is 23.6. The van der Waals surface area contributed by atoms with Crippen molar-refractivity contribution < 1.29 is 5.11 Å². The lowest BCUT2D eigenvalue weighted by atomic mass is 9.85. The molecule has 2 N–H and O–H groups in total. The van der Waals surface area contributed by atoms with Gasteiger partial charge in [0.25, 0.3) is 0 Å². The minimum absolute atomic E-state index is 0.261. The molecule has 43 heavy (non-hydrogen) atoms. The van der Waals surface area contributed by atoms with E-state index in [0.29, 0.717) is 6.54 Å². The number of anilines is 1. The van der Waals surface area contributed by atoms with E-state index in [9.17, 15) is 5.11 Å². The van der Waals surface area contributed by atoms with Crippen molar-refractivity contribution in [2.75, 3.05) is 5.32 Å². The Morgan fingerprint density at radius 2 is 1.00 bits per heavy atom. The third-order valence-corrected chi connectivity index (χ3v) is 8.60. The predicted octanol–water partition coefficient (Wildman–Crippen LogP) is 10.9. The summed E-state index contributed by atoms with van der Waals surface area (Å²) < 4.78 is 0. The Labute approximate surface area is 250 Å². The van der Waals surface area contributed by atoms with Crippen molar-refractivity contribution in [1.29, 1.82) is 0 Å². The Bertz CT molecular complexity index is 2200. The second-order valence-corrected chi connectivity index (χ2v) is 11.2. The van der Waals surface area contributed by atoms with Crippen molar-refractivity contribution >= 4 is 38.0 Å². The van der Waals surface area contributed by atoms with Crippen molar-refractivity contribution in [2.24, 2.45) is 0 Å². The van der Waals surface area contributed by atoms with Gasteiger partial charge in [-0.15, -0.1) is 0 Å². The molecule has 8 rings (SSSR count). The summed E-state index contributed by atoms with van der Waals surface area (Å²) in [6, 6.07) is 53.7. The Hall–Kier alpha value is -5.60. The maximum atomic E-state index is 10.1. The summed E-state index contributed by atoms with van der Waals surface area (Å²) in [7, 11) is 0. The highest BCUT2D eigenvalue weighted by Crippen LogP contribution is 2.44. The van der Waals surface area contributed by atoms with E-state index in [2.05, 4.69) is 133 Å². The molecule has 0 unspecified atom stereocenters. The molecule has 0 heterocycles. The molecular weight excluding hydrogens is 522 g/mol. The van der Waals surface area contributed by atoms with Crippen LogP contribution >= 0.6 is 0 Å². The number of phenols is 1. The van der Waals surface area contributed by atoms with Crippen LogP contribution in [-0.2, 0) is 6.54 Å². The van der Waals surface area contributed by atoms with Gasteiger partial charge in [0.2, 0.25) is 0 Å². The van der Waals surface area contributed by atoms with Crippen molar-refractivity contribution in [1.82, 2.24) is 0 Å². The van der Waals surface area contributed by atoms with Crippen LogP contribution in [-0.4, -0.2) is 5.11 Å². The lowest BCUT2D eigenvalue weighted by Crippen LogP contribution is -1.99. The average Bonchev–Trinajstić information content (AvgIpc) is 3.07. The Balaban J connectivity index is 1.26. The van der Waals surface area contributed by atoms with Crippen LogP contribution < -0.4 is 5.32 Å². The molecule has 0 aliphatic carbocycles. The largest absolute Gasteiger partial charge is 0.506 e. The van der Waals surface area contributed by atoms with E-state index >= 15 is 0 Å². The van der Waals surface area contributed by atoms with Crippen LogP contribution in [0, 0.1) is 0 Å². The number of rotatable bonds is 6. The number of hydrogen-bond donors (Lipinski definition) is 2. The summed E-state index contributed by atoms with van der Waals surface area (Å²) in [5, 5.41) is 21.2. The number of aromatic hydroxyl groups is 1. The summed E-state index contributed by atoms with van der Waals surface area (Å²) in [6.07, 6.45) is 0. The van der Waals surface area contributed by atoms with Gasteiger partial charge in [0.15, 0.2) is 0 Å². The number of para-hydroxylation sites is 2. The van der Waals surface area contributed by atoms with Gasteiger partial charge in [0, 0.05) is 6.54 Å². The molecule has 8 aromatic rings. The topological polar surface area (TPSA) is 32.3 Å². The minimum atomic E-state index is 0.261. The summed E-state index contributed by atoms with van der Waals surface area (Å²) in [4.78, 5) is 0. The molecule has 204 valence electrons. The van der Waals surface area contributed by atoms with Gasteiger partial charge in [-0.25, -0.2) is 0 Å². The zero-order chi connectivity index (χ0) is 28.8. The van der Waals surface area contributed by atoms with Crippen LogP contribution in [0.2, 0.25) is 0 Å². The molecular formula is C41H29NO. The van der Waals surface area contributed by atoms with Crippen LogP contribution in [0.15, 0.2) is 152 Å². The molecule has 0 radical (unpaired) electrons. The molecule has 0 spiro atoms. The van der Waals surface area contributed by atoms with Crippen molar-refractivity contribution in [3.8, 4) is 39.1 Å². The van der Waals surface area contributed by atoms with Crippen molar-refractivity contribution in [2.45, 2.75) is 6.54 Å². The standard InChI is InChI=1S/C41H29NO/c43-39-12-5-4-11-38(39)42-26-27-13-15-30(16-14-27)36-25-37(31-19-17-29(18-20-31)28-7-2-1-3-8-28)35-24-22-33-10-6-9-32-21-23-34(36)41(35)40(32)33/h1-25,42-43H,26H2. The number of nitrogens with one attached hydrogen (secondary N) is 1. The first-order valence-corrected chi connectivity index (χ1v) is 14.7. The Morgan fingerprint density at radius 3 is 1.65 bits per heavy atom. The SMILES string of the molecule is Oc1ccccc1NCc1ccc(-c2cc(-c3ccc(-c4ccccc4)cc3)c3ccc4cccc5ccc2c3c54)cc1. The van der Waals surface area contributed by atoms with Gasteiger partial charge < -0.3 is 10.4 Å². The molecule has 0 saturated carbocycles. The van der Waals surface area contributed by atoms with Crippen LogP contribution in [0.1, 0.15) is 5.56 Å². The second kappa shape index (κ2) is 10.3. The van der Waals surface area contributed by atoms with Crippen molar-refractivity contribution in [3.63, 3.8) is 0 Å². The van der Waals surface area contributed by atoms with E-state index in [1.807, 2.05) is 18.2 Å². The average molecular weight is 552 g/mol. The van der Waals surface area contributed by atoms with Gasteiger partial charge in [-0.1, -0.05) is 133 Å². The van der Waals surface area contributed by atoms with Crippen molar-refractivity contribution in [3.05, 3.63) is 157 Å².